The summed E-state index contributed by atoms with van der Waals surface area (Å²) in [6, 6.07) is 7.79. The summed E-state index contributed by atoms with van der Waals surface area (Å²) in [5, 5.41) is 0. The molecular weight excluding hydrogens is 392 g/mol. The first kappa shape index (κ1) is 21.7. The Morgan fingerprint density at radius 3 is 2.39 bits per heavy atom. The fourth-order valence-electron chi connectivity index (χ4n) is 4.34. The van der Waals surface area contributed by atoms with Gasteiger partial charge in [-0.15, -0.1) is 0 Å². The highest BCUT2D eigenvalue weighted by atomic mass is 16.5. The second kappa shape index (κ2) is 9.75. The summed E-state index contributed by atoms with van der Waals surface area (Å²) in [5.74, 6) is 2.79. The molecule has 2 aliphatic heterocycles. The summed E-state index contributed by atoms with van der Waals surface area (Å²) in [5.41, 5.74) is 3.49. The number of hydrogen-bond acceptors (Lipinski definition) is 7. The van der Waals surface area contributed by atoms with E-state index in [-0.39, 0.29) is 5.97 Å². The summed E-state index contributed by atoms with van der Waals surface area (Å²) >= 11 is 0. The maximum absolute atomic E-state index is 11.1. The number of aryl methyl sites for hydroxylation is 1. The summed E-state index contributed by atoms with van der Waals surface area (Å²) in [6.07, 6.45) is 2.13. The van der Waals surface area contributed by atoms with Crippen molar-refractivity contribution in [2.75, 3.05) is 44.3 Å². The number of hydrogen-bond donors (Lipinski definition) is 0. The molecule has 0 radical (unpaired) electrons. The second-order valence-electron chi connectivity index (χ2n) is 8.50. The Labute approximate surface area is 184 Å². The monoisotopic (exact) mass is 424 g/mol. The number of piperidine rings is 1. The molecule has 166 valence electrons. The molecule has 2 aliphatic rings. The van der Waals surface area contributed by atoms with Crippen molar-refractivity contribution in [1.82, 2.24) is 14.9 Å². The van der Waals surface area contributed by atoms with Crippen molar-refractivity contribution in [1.29, 1.82) is 0 Å². The van der Waals surface area contributed by atoms with Crippen molar-refractivity contribution >= 4 is 11.8 Å². The van der Waals surface area contributed by atoms with E-state index in [1.54, 1.807) is 0 Å². The average Bonchev–Trinajstić information content (AvgIpc) is 2.78. The van der Waals surface area contributed by atoms with E-state index in [2.05, 4.69) is 23.6 Å². The molecule has 2 saturated heterocycles. The molecule has 7 nitrogen and oxygen atoms in total. The van der Waals surface area contributed by atoms with Crippen LogP contribution in [0.4, 0.5) is 5.82 Å². The van der Waals surface area contributed by atoms with E-state index < -0.39 is 0 Å². The molecule has 0 unspecified atom stereocenters. The van der Waals surface area contributed by atoms with Gasteiger partial charge in [-0.05, 0) is 57.5 Å². The fourth-order valence-corrected chi connectivity index (χ4v) is 4.34. The van der Waals surface area contributed by atoms with Gasteiger partial charge in [-0.2, -0.15) is 0 Å². The first-order valence-corrected chi connectivity index (χ1v) is 11.2. The zero-order chi connectivity index (χ0) is 21.8. The highest BCUT2D eigenvalue weighted by Crippen LogP contribution is 2.30. The third-order valence-electron chi connectivity index (χ3n) is 6.24. The number of nitrogens with zero attached hydrogens (tertiary/aromatic N) is 4. The summed E-state index contributed by atoms with van der Waals surface area (Å²) < 4.78 is 10.6. The van der Waals surface area contributed by atoms with Gasteiger partial charge in [-0.1, -0.05) is 12.1 Å². The van der Waals surface area contributed by atoms with Crippen LogP contribution >= 0.6 is 0 Å². The average molecular weight is 425 g/mol. The number of aromatic nitrogens is 2. The number of ether oxygens (including phenoxy) is 2. The molecule has 0 bridgehead atoms. The molecule has 2 aromatic rings. The molecule has 7 heteroatoms. The largest absolute Gasteiger partial charge is 0.427 e. The van der Waals surface area contributed by atoms with Gasteiger partial charge in [-0.25, -0.2) is 9.97 Å². The molecule has 2 fully saturated rings. The van der Waals surface area contributed by atoms with Crippen molar-refractivity contribution in [2.45, 2.75) is 46.1 Å². The minimum Gasteiger partial charge on any atom is -0.427 e. The number of benzene rings is 1. The van der Waals surface area contributed by atoms with Gasteiger partial charge in [0.25, 0.3) is 0 Å². The van der Waals surface area contributed by atoms with Crippen LogP contribution in [-0.2, 0) is 16.1 Å². The summed E-state index contributed by atoms with van der Waals surface area (Å²) in [7, 11) is 0. The minimum absolute atomic E-state index is 0.292. The highest BCUT2D eigenvalue weighted by molar-refractivity contribution is 5.69. The number of likely N-dealkylation sites (tertiary alicyclic amines) is 1. The van der Waals surface area contributed by atoms with E-state index in [1.165, 1.54) is 18.1 Å². The van der Waals surface area contributed by atoms with Gasteiger partial charge in [0.1, 0.15) is 17.4 Å². The molecule has 3 heterocycles. The Morgan fingerprint density at radius 1 is 1.06 bits per heavy atom. The standard InChI is InChI=1S/C24H32N4O3/c1-17-18(2)25-23(26-24(17)28-12-14-30-15-13-28)21-8-10-27(11-9-21)16-20-4-6-22(7-5-20)31-19(3)29/h4-7,21H,8-16H2,1-3H3. The number of rotatable bonds is 5. The Morgan fingerprint density at radius 2 is 1.74 bits per heavy atom. The van der Waals surface area contributed by atoms with Gasteiger partial charge in [0.15, 0.2) is 0 Å². The van der Waals surface area contributed by atoms with Crippen LogP contribution in [-0.4, -0.2) is 60.2 Å². The summed E-state index contributed by atoms with van der Waals surface area (Å²) in [4.78, 5) is 25.8. The third-order valence-corrected chi connectivity index (χ3v) is 6.24. The number of carbonyl (C=O) groups is 1. The van der Waals surface area contributed by atoms with Gasteiger partial charge in [0, 0.05) is 43.7 Å². The fraction of sp³-hybridized carbons (Fsp3) is 0.542. The van der Waals surface area contributed by atoms with E-state index >= 15 is 0 Å². The normalized spacial score (nSPS) is 18.2. The van der Waals surface area contributed by atoms with Crippen LogP contribution in [0, 0.1) is 13.8 Å². The minimum atomic E-state index is -0.292. The summed E-state index contributed by atoms with van der Waals surface area (Å²) in [6.45, 7) is 11.9. The van der Waals surface area contributed by atoms with Crippen LogP contribution in [0.25, 0.3) is 0 Å². The van der Waals surface area contributed by atoms with Gasteiger partial charge in [0.05, 0.1) is 13.2 Å². The van der Waals surface area contributed by atoms with Crippen molar-refractivity contribution in [3.63, 3.8) is 0 Å². The van der Waals surface area contributed by atoms with Crippen molar-refractivity contribution in [3.05, 3.63) is 46.9 Å². The van der Waals surface area contributed by atoms with Gasteiger partial charge in [-0.3, -0.25) is 9.69 Å². The van der Waals surface area contributed by atoms with Crippen LogP contribution in [0.3, 0.4) is 0 Å². The van der Waals surface area contributed by atoms with E-state index in [1.807, 2.05) is 24.3 Å². The highest BCUT2D eigenvalue weighted by Gasteiger charge is 2.25. The Balaban J connectivity index is 1.37. The first-order chi connectivity index (χ1) is 15.0. The van der Waals surface area contributed by atoms with E-state index in [9.17, 15) is 4.79 Å². The number of anilines is 1. The number of carbonyl (C=O) groups excluding carboxylic acids is 1. The van der Waals surface area contributed by atoms with E-state index in [4.69, 9.17) is 19.4 Å². The van der Waals surface area contributed by atoms with Crippen molar-refractivity contribution in [3.8, 4) is 5.75 Å². The zero-order valence-corrected chi connectivity index (χ0v) is 18.8. The quantitative estimate of drug-likeness (QED) is 0.539. The Kier molecular flexibility index (Phi) is 6.83. The van der Waals surface area contributed by atoms with Gasteiger partial charge < -0.3 is 14.4 Å². The van der Waals surface area contributed by atoms with Crippen LogP contribution in [0.1, 0.15) is 48.3 Å². The number of morpholine rings is 1. The lowest BCUT2D eigenvalue weighted by Gasteiger charge is -2.33. The Bertz CT molecular complexity index is 902. The molecule has 1 aromatic heterocycles. The van der Waals surface area contributed by atoms with Crippen molar-refractivity contribution < 1.29 is 14.3 Å². The predicted molar refractivity (Wildman–Crippen MR) is 120 cm³/mol. The van der Waals surface area contributed by atoms with Crippen molar-refractivity contribution in [2.24, 2.45) is 0 Å². The molecular formula is C24H32N4O3. The van der Waals surface area contributed by atoms with E-state index in [0.29, 0.717) is 11.7 Å². The molecule has 0 spiro atoms. The third kappa shape index (κ3) is 5.40. The molecule has 0 aliphatic carbocycles. The molecule has 0 atom stereocenters. The lowest BCUT2D eigenvalue weighted by atomic mass is 9.95. The molecule has 4 rings (SSSR count). The molecule has 31 heavy (non-hydrogen) atoms. The lowest BCUT2D eigenvalue weighted by Crippen LogP contribution is -2.38. The number of esters is 1. The Hall–Kier alpha value is -2.51. The smallest absolute Gasteiger partial charge is 0.308 e. The zero-order valence-electron chi connectivity index (χ0n) is 18.8. The SMILES string of the molecule is CC(=O)Oc1ccc(CN2CCC(c3nc(C)c(C)c(N4CCOCC4)n3)CC2)cc1. The van der Waals surface area contributed by atoms with E-state index in [0.717, 1.165) is 76.1 Å². The molecule has 0 N–H and O–H groups in total. The van der Waals surface area contributed by atoms with Crippen LogP contribution in [0.2, 0.25) is 0 Å². The molecule has 0 amide bonds. The maximum Gasteiger partial charge on any atom is 0.308 e. The first-order valence-electron chi connectivity index (χ1n) is 11.2. The molecule has 0 saturated carbocycles. The second-order valence-corrected chi connectivity index (χ2v) is 8.50. The van der Waals surface area contributed by atoms with Crippen LogP contribution < -0.4 is 9.64 Å². The lowest BCUT2D eigenvalue weighted by molar-refractivity contribution is -0.131. The topological polar surface area (TPSA) is 67.8 Å². The van der Waals surface area contributed by atoms with Crippen LogP contribution in [0.5, 0.6) is 5.75 Å². The van der Waals surface area contributed by atoms with Crippen LogP contribution in [0.15, 0.2) is 24.3 Å². The van der Waals surface area contributed by atoms with Gasteiger partial charge in [0.2, 0.25) is 0 Å². The van der Waals surface area contributed by atoms with Gasteiger partial charge >= 0.3 is 5.97 Å². The molecule has 1 aromatic carbocycles. The predicted octanol–water partition coefficient (Wildman–Crippen LogP) is 3.23. The maximum atomic E-state index is 11.1.